The zero-order chi connectivity index (χ0) is 18.9. The van der Waals surface area contributed by atoms with Gasteiger partial charge in [-0.25, -0.2) is 0 Å². The van der Waals surface area contributed by atoms with E-state index in [1.54, 1.807) is 18.2 Å². The van der Waals surface area contributed by atoms with Crippen molar-refractivity contribution in [1.82, 2.24) is 5.01 Å². The fraction of sp³-hybridized carbons (Fsp3) is 0.529. The van der Waals surface area contributed by atoms with Gasteiger partial charge in [0.25, 0.3) is 11.6 Å². The van der Waals surface area contributed by atoms with Crippen molar-refractivity contribution in [1.29, 1.82) is 0 Å². The molecule has 0 saturated heterocycles. The summed E-state index contributed by atoms with van der Waals surface area (Å²) in [6, 6.07) is 6.44. The lowest BCUT2D eigenvalue weighted by Gasteiger charge is -2.38. The second-order valence-electron chi connectivity index (χ2n) is 6.26. The molecule has 6 nitrogen and oxygen atoms in total. The van der Waals surface area contributed by atoms with Crippen LogP contribution >= 0.6 is 0 Å². The van der Waals surface area contributed by atoms with Gasteiger partial charge in [0, 0.05) is 5.71 Å². The zero-order valence-corrected chi connectivity index (χ0v) is 14.1. The van der Waals surface area contributed by atoms with Gasteiger partial charge in [0.2, 0.25) is 0 Å². The Morgan fingerprint density at radius 1 is 1.35 bits per heavy atom. The van der Waals surface area contributed by atoms with Gasteiger partial charge in [0.05, 0.1) is 13.0 Å². The van der Waals surface area contributed by atoms with E-state index in [2.05, 4.69) is 5.10 Å². The summed E-state index contributed by atoms with van der Waals surface area (Å²) < 4.78 is 51.3. The number of aliphatic hydroxyl groups is 1. The maximum atomic E-state index is 13.6. The van der Waals surface area contributed by atoms with Crippen LogP contribution in [-0.2, 0) is 4.79 Å². The molecule has 2 aliphatic rings. The van der Waals surface area contributed by atoms with Gasteiger partial charge in [-0.2, -0.15) is 23.3 Å². The molecule has 9 heteroatoms. The monoisotopic (exact) mass is 372 g/mol. The summed E-state index contributed by atoms with van der Waals surface area (Å²) in [4.78, 5) is 12.4. The van der Waals surface area contributed by atoms with E-state index < -0.39 is 30.3 Å². The van der Waals surface area contributed by atoms with Crippen LogP contribution in [0.4, 0.5) is 13.2 Å². The first kappa shape index (κ1) is 18.5. The normalized spacial score (nSPS) is 25.5. The van der Waals surface area contributed by atoms with Crippen molar-refractivity contribution in [2.75, 3.05) is 13.7 Å². The first-order valence-electron chi connectivity index (χ1n) is 8.24. The van der Waals surface area contributed by atoms with E-state index in [0.29, 0.717) is 25.0 Å². The number of para-hydroxylation sites is 2. The van der Waals surface area contributed by atoms with Gasteiger partial charge in [-0.1, -0.05) is 18.6 Å². The molecule has 142 valence electrons. The summed E-state index contributed by atoms with van der Waals surface area (Å²) in [5, 5.41) is 14.4. The van der Waals surface area contributed by atoms with Crippen molar-refractivity contribution in [3.8, 4) is 11.5 Å². The molecule has 1 amide bonds. The highest BCUT2D eigenvalue weighted by Gasteiger charge is 2.68. The number of alkyl halides is 3. The van der Waals surface area contributed by atoms with Crippen molar-refractivity contribution in [3.05, 3.63) is 24.3 Å². The average Bonchev–Trinajstić information content (AvgIpc) is 2.94. The molecule has 26 heavy (non-hydrogen) atoms. The third-order valence-corrected chi connectivity index (χ3v) is 4.69. The molecule has 1 aliphatic heterocycles. The van der Waals surface area contributed by atoms with Crippen LogP contribution in [0.5, 0.6) is 11.5 Å². The zero-order valence-electron chi connectivity index (χ0n) is 14.1. The molecular formula is C17H19F3N2O4. The smallest absolute Gasteiger partial charge is 0.439 e. The fourth-order valence-corrected chi connectivity index (χ4v) is 3.40. The number of hydrogen-bond acceptors (Lipinski definition) is 5. The second-order valence-corrected chi connectivity index (χ2v) is 6.26. The first-order valence-corrected chi connectivity index (χ1v) is 8.24. The molecule has 0 aromatic heterocycles. The van der Waals surface area contributed by atoms with Crippen LogP contribution in [0.15, 0.2) is 29.4 Å². The number of carbonyl (C=O) groups excluding carboxylic acids is 1. The van der Waals surface area contributed by atoms with E-state index in [0.717, 1.165) is 0 Å². The van der Waals surface area contributed by atoms with Gasteiger partial charge in [0.1, 0.15) is 0 Å². The summed E-state index contributed by atoms with van der Waals surface area (Å²) in [5.74, 6) is -1.75. The van der Waals surface area contributed by atoms with Crippen LogP contribution in [0, 0.1) is 5.92 Å². The van der Waals surface area contributed by atoms with Crippen LogP contribution in [0.25, 0.3) is 0 Å². The predicted octanol–water partition coefficient (Wildman–Crippen LogP) is 2.71. The van der Waals surface area contributed by atoms with Crippen LogP contribution < -0.4 is 9.47 Å². The minimum atomic E-state index is -5.03. The Balaban J connectivity index is 1.81. The van der Waals surface area contributed by atoms with E-state index in [1.807, 2.05) is 0 Å². The lowest BCUT2D eigenvalue weighted by Crippen LogP contribution is -2.62. The summed E-state index contributed by atoms with van der Waals surface area (Å²) >= 11 is 0. The molecule has 1 N–H and O–H groups in total. The van der Waals surface area contributed by atoms with Gasteiger partial charge in [-0.05, 0) is 31.4 Å². The third-order valence-electron chi connectivity index (χ3n) is 4.69. The van der Waals surface area contributed by atoms with E-state index in [-0.39, 0.29) is 22.9 Å². The summed E-state index contributed by atoms with van der Waals surface area (Å²) in [6.07, 6.45) is -3.34. The van der Waals surface area contributed by atoms with Crippen LogP contribution in [0.1, 0.15) is 25.7 Å². The highest BCUT2D eigenvalue weighted by atomic mass is 19.4. The van der Waals surface area contributed by atoms with Crippen molar-refractivity contribution >= 4 is 11.6 Å². The Morgan fingerprint density at radius 2 is 2.04 bits per heavy atom. The van der Waals surface area contributed by atoms with E-state index in [4.69, 9.17) is 9.47 Å². The molecule has 2 atom stereocenters. The number of nitrogens with zero attached hydrogens (tertiary/aromatic N) is 2. The van der Waals surface area contributed by atoms with Gasteiger partial charge in [0.15, 0.2) is 18.1 Å². The van der Waals surface area contributed by atoms with Gasteiger partial charge in [-0.3, -0.25) is 4.79 Å². The molecule has 1 aromatic carbocycles. The SMILES string of the molecule is COc1ccccc1OCC(=O)N1N=C2CCCC[C@@H]2[C@@]1(O)C(F)(F)F. The van der Waals surface area contributed by atoms with Crippen LogP contribution in [-0.4, -0.2) is 47.4 Å². The molecule has 0 bridgehead atoms. The molecule has 1 fully saturated rings. The number of carbonyl (C=O) groups is 1. The van der Waals surface area contributed by atoms with Crippen molar-refractivity contribution < 1.29 is 32.5 Å². The number of hydrazone groups is 1. The number of fused-ring (bicyclic) bond motifs is 1. The molecule has 1 heterocycles. The Bertz CT molecular complexity index is 722. The maximum Gasteiger partial charge on any atom is 0.439 e. The van der Waals surface area contributed by atoms with E-state index in [1.165, 1.54) is 13.2 Å². The van der Waals surface area contributed by atoms with Crippen LogP contribution in [0.2, 0.25) is 0 Å². The topological polar surface area (TPSA) is 71.4 Å². The standard InChI is InChI=1S/C17H19F3N2O4/c1-25-13-8-4-5-9-14(13)26-10-15(23)22-16(24,17(18,19)20)11-6-2-3-7-12(11)21-22/h4-5,8-9,11,24H,2-3,6-7,10H2,1H3/t11-,16+/m0/s1. The van der Waals surface area contributed by atoms with E-state index >= 15 is 0 Å². The Hall–Kier alpha value is -2.29. The van der Waals surface area contributed by atoms with Crippen molar-refractivity contribution in [2.45, 2.75) is 37.6 Å². The molecular weight excluding hydrogens is 353 g/mol. The molecule has 0 spiro atoms. The molecule has 3 rings (SSSR count). The number of benzene rings is 1. The molecule has 0 radical (unpaired) electrons. The Kier molecular flexibility index (Phi) is 4.83. The molecule has 1 saturated carbocycles. The van der Waals surface area contributed by atoms with Gasteiger partial charge in [-0.15, -0.1) is 0 Å². The molecule has 1 aliphatic carbocycles. The summed E-state index contributed by atoms with van der Waals surface area (Å²) in [6.45, 7) is -0.706. The number of hydrogen-bond donors (Lipinski definition) is 1. The third kappa shape index (κ3) is 3.00. The number of ether oxygens (including phenoxy) is 2. The lowest BCUT2D eigenvalue weighted by molar-refractivity contribution is -0.317. The van der Waals surface area contributed by atoms with Gasteiger partial charge < -0.3 is 14.6 Å². The molecule has 1 aromatic rings. The molecule has 0 unspecified atom stereocenters. The van der Waals surface area contributed by atoms with Crippen molar-refractivity contribution in [2.24, 2.45) is 11.0 Å². The minimum absolute atomic E-state index is 0.131. The highest BCUT2D eigenvalue weighted by molar-refractivity contribution is 5.93. The number of halogens is 3. The van der Waals surface area contributed by atoms with Crippen molar-refractivity contribution in [3.63, 3.8) is 0 Å². The second kappa shape index (κ2) is 6.79. The van der Waals surface area contributed by atoms with Crippen LogP contribution in [0.3, 0.4) is 0 Å². The number of methoxy groups -OCH3 is 1. The summed E-state index contributed by atoms with van der Waals surface area (Å²) in [5.41, 5.74) is -3.12. The average molecular weight is 372 g/mol. The minimum Gasteiger partial charge on any atom is -0.493 e. The maximum absolute atomic E-state index is 13.6. The fourth-order valence-electron chi connectivity index (χ4n) is 3.40. The van der Waals surface area contributed by atoms with E-state index in [9.17, 15) is 23.1 Å². The lowest BCUT2D eigenvalue weighted by atomic mass is 9.80. The summed E-state index contributed by atoms with van der Waals surface area (Å²) in [7, 11) is 1.41. The number of rotatable bonds is 4. The predicted molar refractivity (Wildman–Crippen MR) is 85.7 cm³/mol. The number of amides is 1. The first-order chi connectivity index (χ1) is 12.3. The largest absolute Gasteiger partial charge is 0.493 e. The highest BCUT2D eigenvalue weighted by Crippen LogP contribution is 2.48. The Morgan fingerprint density at radius 3 is 2.69 bits per heavy atom. The quantitative estimate of drug-likeness (QED) is 0.882. The Labute approximate surface area is 148 Å². The van der Waals surface area contributed by atoms with Gasteiger partial charge >= 0.3 is 6.18 Å².